The Bertz CT molecular complexity index is 792. The molecule has 3 heterocycles. The molecule has 1 aromatic heterocycles. The number of fused-ring (bicyclic) bond motifs is 1. The van der Waals surface area contributed by atoms with E-state index in [4.69, 9.17) is 0 Å². The number of alkyl halides is 3. The highest BCUT2D eigenvalue weighted by atomic mass is 19.4. The van der Waals surface area contributed by atoms with Crippen LogP contribution < -0.4 is 5.32 Å². The molecule has 3 atom stereocenters. The van der Waals surface area contributed by atoms with Crippen LogP contribution in [-0.2, 0) is 6.18 Å². The molecule has 2 saturated heterocycles. The first-order valence-corrected chi connectivity index (χ1v) is 8.55. The summed E-state index contributed by atoms with van der Waals surface area (Å²) in [4.78, 5) is 18.2. The predicted molar refractivity (Wildman–Crippen MR) is 89.3 cm³/mol. The molecule has 1 N–H and O–H groups in total. The maximum absolute atomic E-state index is 13.0. The van der Waals surface area contributed by atoms with Crippen LogP contribution in [0.3, 0.4) is 0 Å². The molecule has 1 amide bonds. The SMILES string of the molecule is O=C(c1ccc(C(F)(F)F)nc1)N1C[C@@H]2CNC[C@@H]2[C@@H]1c1ccccc1. The normalized spacial score (nSPS) is 25.3. The Labute approximate surface area is 149 Å². The average Bonchev–Trinajstić information content (AvgIpc) is 3.22. The van der Waals surface area contributed by atoms with Crippen LogP contribution in [-0.4, -0.2) is 35.4 Å². The van der Waals surface area contributed by atoms with Crippen LogP contribution in [0, 0.1) is 11.8 Å². The van der Waals surface area contributed by atoms with Crippen molar-refractivity contribution in [3.05, 3.63) is 65.5 Å². The standard InChI is InChI=1S/C19H18F3N3O/c20-19(21,22)16-7-6-13(9-24-16)18(26)25-11-14-8-23-10-15(14)17(25)12-4-2-1-3-5-12/h1-7,9,14-15,17,23H,8,10-11H2/t14-,15-,17-/m0/s1. The summed E-state index contributed by atoms with van der Waals surface area (Å²) in [6.45, 7) is 2.28. The lowest BCUT2D eigenvalue weighted by molar-refractivity contribution is -0.141. The van der Waals surface area contributed by atoms with E-state index in [-0.39, 0.29) is 17.5 Å². The summed E-state index contributed by atoms with van der Waals surface area (Å²) in [6, 6.07) is 11.8. The van der Waals surface area contributed by atoms with Gasteiger partial charge in [0.2, 0.25) is 0 Å². The largest absolute Gasteiger partial charge is 0.433 e. The number of carbonyl (C=O) groups excluding carboxylic acids is 1. The van der Waals surface area contributed by atoms with Gasteiger partial charge in [-0.2, -0.15) is 13.2 Å². The van der Waals surface area contributed by atoms with E-state index in [1.807, 2.05) is 30.3 Å². The molecule has 2 fully saturated rings. The van der Waals surface area contributed by atoms with Crippen molar-refractivity contribution in [2.45, 2.75) is 12.2 Å². The number of nitrogens with zero attached hydrogens (tertiary/aromatic N) is 2. The van der Waals surface area contributed by atoms with Crippen LogP contribution in [0.2, 0.25) is 0 Å². The number of carbonyl (C=O) groups is 1. The van der Waals surface area contributed by atoms with Crippen LogP contribution in [0.25, 0.3) is 0 Å². The van der Waals surface area contributed by atoms with Crippen molar-refractivity contribution in [2.24, 2.45) is 11.8 Å². The first-order valence-electron chi connectivity index (χ1n) is 8.55. The Morgan fingerprint density at radius 3 is 2.54 bits per heavy atom. The van der Waals surface area contributed by atoms with Crippen LogP contribution in [0.15, 0.2) is 48.7 Å². The number of nitrogens with one attached hydrogen (secondary N) is 1. The molecule has 0 aliphatic carbocycles. The second-order valence-corrected chi connectivity index (χ2v) is 6.83. The minimum Gasteiger partial charge on any atom is -0.331 e. The van der Waals surface area contributed by atoms with E-state index in [0.717, 1.165) is 30.9 Å². The number of halogens is 3. The van der Waals surface area contributed by atoms with Gasteiger partial charge >= 0.3 is 6.18 Å². The molecule has 2 aromatic rings. The lowest BCUT2D eigenvalue weighted by Gasteiger charge is -2.28. The highest BCUT2D eigenvalue weighted by Gasteiger charge is 2.46. The first-order chi connectivity index (χ1) is 12.4. The molecule has 136 valence electrons. The molecule has 0 spiro atoms. The number of pyridine rings is 1. The van der Waals surface area contributed by atoms with E-state index in [1.165, 1.54) is 6.07 Å². The minimum absolute atomic E-state index is 0.0778. The van der Waals surface area contributed by atoms with Crippen LogP contribution in [0.4, 0.5) is 13.2 Å². The molecule has 4 nitrogen and oxygen atoms in total. The summed E-state index contributed by atoms with van der Waals surface area (Å²) in [6.07, 6.45) is -3.48. The van der Waals surface area contributed by atoms with Crippen molar-refractivity contribution in [3.63, 3.8) is 0 Å². The number of amides is 1. The number of benzene rings is 1. The monoisotopic (exact) mass is 361 g/mol. The zero-order chi connectivity index (χ0) is 18.3. The Hall–Kier alpha value is -2.41. The summed E-state index contributed by atoms with van der Waals surface area (Å²) < 4.78 is 38.1. The third kappa shape index (κ3) is 2.96. The highest BCUT2D eigenvalue weighted by molar-refractivity contribution is 5.94. The van der Waals surface area contributed by atoms with Gasteiger partial charge in [-0.25, -0.2) is 0 Å². The Balaban J connectivity index is 1.64. The number of aromatic nitrogens is 1. The molecular formula is C19H18F3N3O. The Kier molecular flexibility index (Phi) is 4.19. The van der Waals surface area contributed by atoms with Gasteiger partial charge in [0.25, 0.3) is 5.91 Å². The van der Waals surface area contributed by atoms with Gasteiger partial charge in [0.05, 0.1) is 11.6 Å². The smallest absolute Gasteiger partial charge is 0.331 e. The fourth-order valence-corrected chi connectivity index (χ4v) is 4.06. The van der Waals surface area contributed by atoms with Crippen molar-refractivity contribution < 1.29 is 18.0 Å². The van der Waals surface area contributed by atoms with E-state index >= 15 is 0 Å². The van der Waals surface area contributed by atoms with E-state index < -0.39 is 11.9 Å². The van der Waals surface area contributed by atoms with Gasteiger partial charge in [0.15, 0.2) is 0 Å². The highest BCUT2D eigenvalue weighted by Crippen LogP contribution is 2.43. The predicted octanol–water partition coefficient (Wildman–Crippen LogP) is 3.13. The van der Waals surface area contributed by atoms with E-state index in [9.17, 15) is 18.0 Å². The zero-order valence-corrected chi connectivity index (χ0v) is 13.9. The van der Waals surface area contributed by atoms with Gasteiger partial charge < -0.3 is 10.2 Å². The average molecular weight is 361 g/mol. The molecule has 0 saturated carbocycles. The molecule has 0 bridgehead atoms. The third-order valence-electron chi connectivity index (χ3n) is 5.27. The van der Waals surface area contributed by atoms with Crippen LogP contribution in [0.1, 0.15) is 27.7 Å². The molecule has 2 aliphatic heterocycles. The first kappa shape index (κ1) is 17.0. The van der Waals surface area contributed by atoms with Crippen LogP contribution >= 0.6 is 0 Å². The zero-order valence-electron chi connectivity index (χ0n) is 13.9. The Morgan fingerprint density at radius 1 is 1.12 bits per heavy atom. The topological polar surface area (TPSA) is 45.2 Å². The molecule has 7 heteroatoms. The summed E-state index contributed by atoms with van der Waals surface area (Å²) in [5.41, 5.74) is 0.250. The number of likely N-dealkylation sites (tertiary alicyclic amines) is 1. The number of hydrogen-bond donors (Lipinski definition) is 1. The summed E-state index contributed by atoms with van der Waals surface area (Å²) in [7, 11) is 0. The number of rotatable bonds is 2. The van der Waals surface area contributed by atoms with Gasteiger partial charge in [-0.15, -0.1) is 0 Å². The molecule has 0 unspecified atom stereocenters. The lowest BCUT2D eigenvalue weighted by atomic mass is 9.89. The second-order valence-electron chi connectivity index (χ2n) is 6.83. The summed E-state index contributed by atoms with van der Waals surface area (Å²) in [5.74, 6) is 0.393. The van der Waals surface area contributed by atoms with Gasteiger partial charge in [0.1, 0.15) is 5.69 Å². The fourth-order valence-electron chi connectivity index (χ4n) is 4.06. The summed E-state index contributed by atoms with van der Waals surface area (Å²) in [5, 5.41) is 3.37. The molecule has 26 heavy (non-hydrogen) atoms. The molecule has 1 aromatic carbocycles. The third-order valence-corrected chi connectivity index (χ3v) is 5.27. The van der Waals surface area contributed by atoms with Crippen molar-refractivity contribution in [1.82, 2.24) is 15.2 Å². The number of hydrogen-bond acceptors (Lipinski definition) is 3. The van der Waals surface area contributed by atoms with E-state index in [1.54, 1.807) is 4.90 Å². The second kappa shape index (κ2) is 6.39. The quantitative estimate of drug-likeness (QED) is 0.894. The molecule has 2 aliphatic rings. The summed E-state index contributed by atoms with van der Waals surface area (Å²) >= 11 is 0. The van der Waals surface area contributed by atoms with Crippen molar-refractivity contribution >= 4 is 5.91 Å². The minimum atomic E-state index is -4.51. The van der Waals surface area contributed by atoms with Crippen molar-refractivity contribution in [3.8, 4) is 0 Å². The Morgan fingerprint density at radius 2 is 1.88 bits per heavy atom. The van der Waals surface area contributed by atoms with Crippen LogP contribution in [0.5, 0.6) is 0 Å². The maximum atomic E-state index is 13.0. The van der Waals surface area contributed by atoms with Crippen molar-refractivity contribution in [2.75, 3.05) is 19.6 Å². The lowest BCUT2D eigenvalue weighted by Crippen LogP contribution is -2.34. The molecule has 0 radical (unpaired) electrons. The van der Waals surface area contributed by atoms with Gasteiger partial charge in [0, 0.05) is 31.7 Å². The molecular weight excluding hydrogens is 343 g/mol. The van der Waals surface area contributed by atoms with Gasteiger partial charge in [-0.3, -0.25) is 9.78 Å². The maximum Gasteiger partial charge on any atom is 0.433 e. The van der Waals surface area contributed by atoms with Crippen molar-refractivity contribution in [1.29, 1.82) is 0 Å². The molecule has 4 rings (SSSR count). The van der Waals surface area contributed by atoms with Gasteiger partial charge in [-0.1, -0.05) is 30.3 Å². The van der Waals surface area contributed by atoms with Gasteiger partial charge in [-0.05, 0) is 23.6 Å². The van der Waals surface area contributed by atoms with E-state index in [0.29, 0.717) is 18.4 Å². The fraction of sp³-hybridized carbons (Fsp3) is 0.368. The van der Waals surface area contributed by atoms with E-state index in [2.05, 4.69) is 10.3 Å².